The summed E-state index contributed by atoms with van der Waals surface area (Å²) in [6, 6.07) is 21.9. The topological polar surface area (TPSA) is 87.7 Å². The Morgan fingerprint density at radius 1 is 1.00 bits per heavy atom. The molecule has 0 spiro atoms. The summed E-state index contributed by atoms with van der Waals surface area (Å²) >= 11 is 0. The quantitative estimate of drug-likeness (QED) is 0.363. The van der Waals surface area contributed by atoms with Crippen molar-refractivity contribution in [3.63, 3.8) is 0 Å². The molecule has 0 saturated heterocycles. The Kier molecular flexibility index (Phi) is 8.34. The third-order valence-electron chi connectivity index (χ3n) is 5.42. The number of carbonyl (C=O) groups excluding carboxylic acids is 3. The Bertz CT molecular complexity index is 1290. The van der Waals surface area contributed by atoms with Gasteiger partial charge in [0.1, 0.15) is 18.2 Å². The van der Waals surface area contributed by atoms with E-state index in [-0.39, 0.29) is 0 Å². The minimum absolute atomic E-state index is 0.425. The van der Waals surface area contributed by atoms with Crippen LogP contribution in [0.4, 0.5) is 10.5 Å². The maximum absolute atomic E-state index is 13.5. The van der Waals surface area contributed by atoms with E-state index in [1.807, 2.05) is 55.5 Å². The monoisotopic (exact) mass is 485 g/mol. The Morgan fingerprint density at radius 2 is 1.67 bits per heavy atom. The van der Waals surface area contributed by atoms with Gasteiger partial charge in [-0.25, -0.2) is 4.79 Å². The van der Waals surface area contributed by atoms with Crippen molar-refractivity contribution >= 4 is 34.4 Å². The van der Waals surface area contributed by atoms with E-state index in [4.69, 9.17) is 11.2 Å². The molecule has 3 aromatic rings. The first-order valence-corrected chi connectivity index (χ1v) is 11.7. The van der Waals surface area contributed by atoms with Crippen molar-refractivity contribution < 1.29 is 19.1 Å². The maximum Gasteiger partial charge on any atom is 0.408 e. The van der Waals surface area contributed by atoms with E-state index in [0.29, 0.717) is 11.3 Å². The summed E-state index contributed by atoms with van der Waals surface area (Å²) in [7, 11) is 0. The molecule has 0 aliphatic rings. The molecule has 7 heteroatoms. The van der Waals surface area contributed by atoms with Gasteiger partial charge in [-0.2, -0.15) is 0 Å². The number of terminal acetylenes is 1. The average molecular weight is 486 g/mol. The van der Waals surface area contributed by atoms with Crippen LogP contribution in [0, 0.1) is 12.5 Å². The van der Waals surface area contributed by atoms with Crippen LogP contribution in [0.2, 0.25) is 0 Å². The molecule has 1 unspecified atom stereocenters. The fourth-order valence-corrected chi connectivity index (χ4v) is 3.67. The highest BCUT2D eigenvalue weighted by Crippen LogP contribution is 2.25. The second kappa shape index (κ2) is 11.4. The second-order valence-electron chi connectivity index (χ2n) is 9.30. The Morgan fingerprint density at radius 3 is 2.28 bits per heavy atom. The average Bonchev–Trinajstić information content (AvgIpc) is 2.84. The van der Waals surface area contributed by atoms with Crippen LogP contribution in [-0.2, 0) is 20.7 Å². The van der Waals surface area contributed by atoms with Gasteiger partial charge in [-0.15, -0.1) is 0 Å². The molecule has 0 radical (unpaired) electrons. The lowest BCUT2D eigenvalue weighted by Crippen LogP contribution is -2.44. The van der Waals surface area contributed by atoms with Gasteiger partial charge in [0.2, 0.25) is 0 Å². The number of benzene rings is 3. The molecule has 1 atom stereocenters. The fraction of sp³-hybridized carbons (Fsp3) is 0.276. The molecule has 2 N–H and O–H groups in total. The number of ether oxygens (including phenoxy) is 1. The largest absolute Gasteiger partial charge is 0.444 e. The summed E-state index contributed by atoms with van der Waals surface area (Å²) < 4.78 is 5.18. The van der Waals surface area contributed by atoms with E-state index >= 15 is 0 Å². The lowest BCUT2D eigenvalue weighted by atomic mass is 10.0. The summed E-state index contributed by atoms with van der Waals surface area (Å²) in [5.74, 6) is -1.10. The molecule has 0 saturated carbocycles. The van der Waals surface area contributed by atoms with Crippen LogP contribution in [0.5, 0.6) is 0 Å². The van der Waals surface area contributed by atoms with Gasteiger partial charge in [-0.3, -0.25) is 14.5 Å². The number of alkyl carbamates (subject to hydrolysis) is 1. The predicted octanol–water partition coefficient (Wildman–Crippen LogP) is 5.03. The standard InChI is InChI=1S/C29H31N3O4/c1-6-20-12-14-22(15-13-20)26(32(7-2)25(33)19-30-28(35)36-29(3,4)5)27(34)31-24-17-16-21-10-8-9-11-23(21)18-24/h2,8-18,26H,6,19H2,1,3-5H3,(H,30,35)(H,31,34). The molecular weight excluding hydrogens is 454 g/mol. The van der Waals surface area contributed by atoms with Gasteiger partial charge in [-0.05, 0) is 61.2 Å². The highest BCUT2D eigenvalue weighted by atomic mass is 16.6. The first-order valence-electron chi connectivity index (χ1n) is 11.7. The summed E-state index contributed by atoms with van der Waals surface area (Å²) in [6.45, 7) is 6.75. The molecule has 3 amide bonds. The van der Waals surface area contributed by atoms with Gasteiger partial charge in [0, 0.05) is 11.7 Å². The van der Waals surface area contributed by atoms with Crippen LogP contribution >= 0.6 is 0 Å². The number of hydrogen-bond donors (Lipinski definition) is 2. The predicted molar refractivity (Wildman–Crippen MR) is 141 cm³/mol. The number of nitrogens with one attached hydrogen (secondary N) is 2. The minimum atomic E-state index is -1.11. The van der Waals surface area contributed by atoms with Gasteiger partial charge in [0.05, 0.1) is 0 Å². The number of anilines is 1. The molecule has 0 aliphatic heterocycles. The van der Waals surface area contributed by atoms with Crippen molar-refractivity contribution in [3.8, 4) is 12.5 Å². The number of nitrogens with zero attached hydrogens (tertiary/aromatic N) is 1. The fourth-order valence-electron chi connectivity index (χ4n) is 3.67. The zero-order valence-electron chi connectivity index (χ0n) is 21.0. The van der Waals surface area contributed by atoms with E-state index in [9.17, 15) is 14.4 Å². The van der Waals surface area contributed by atoms with Crippen molar-refractivity contribution in [2.75, 3.05) is 11.9 Å². The summed E-state index contributed by atoms with van der Waals surface area (Å²) in [4.78, 5) is 39.6. The number of fused-ring (bicyclic) bond motifs is 1. The number of hydrogen-bond acceptors (Lipinski definition) is 4. The normalized spacial score (nSPS) is 11.8. The lowest BCUT2D eigenvalue weighted by Gasteiger charge is -2.27. The van der Waals surface area contributed by atoms with Crippen LogP contribution in [0.1, 0.15) is 44.9 Å². The third-order valence-corrected chi connectivity index (χ3v) is 5.42. The molecule has 186 valence electrons. The summed E-state index contributed by atoms with van der Waals surface area (Å²) in [5.41, 5.74) is 1.49. The van der Waals surface area contributed by atoms with E-state index in [1.165, 1.54) is 0 Å². The van der Waals surface area contributed by atoms with Crippen molar-refractivity contribution in [1.29, 1.82) is 0 Å². The Balaban J connectivity index is 1.86. The van der Waals surface area contributed by atoms with Crippen LogP contribution in [0.3, 0.4) is 0 Å². The van der Waals surface area contributed by atoms with Crippen LogP contribution < -0.4 is 10.6 Å². The van der Waals surface area contributed by atoms with Crippen LogP contribution in [0.25, 0.3) is 10.8 Å². The summed E-state index contributed by atoms with van der Waals surface area (Å²) in [6.07, 6.45) is 5.79. The highest BCUT2D eigenvalue weighted by molar-refractivity contribution is 6.00. The van der Waals surface area contributed by atoms with Crippen molar-refractivity contribution in [3.05, 3.63) is 77.9 Å². The SMILES string of the molecule is C#CN(C(=O)CNC(=O)OC(C)(C)C)C(C(=O)Nc1ccc2ccccc2c1)c1ccc(CC)cc1. The van der Waals surface area contributed by atoms with Gasteiger partial charge in [0.15, 0.2) is 0 Å². The summed E-state index contributed by atoms with van der Waals surface area (Å²) in [5, 5.41) is 7.30. The molecule has 0 aliphatic carbocycles. The Labute approximate surface area is 211 Å². The van der Waals surface area contributed by atoms with Gasteiger partial charge >= 0.3 is 6.09 Å². The van der Waals surface area contributed by atoms with Gasteiger partial charge in [-0.1, -0.05) is 67.9 Å². The van der Waals surface area contributed by atoms with E-state index < -0.39 is 36.1 Å². The highest BCUT2D eigenvalue weighted by Gasteiger charge is 2.31. The first kappa shape index (κ1) is 26.3. The van der Waals surface area contributed by atoms with E-state index in [0.717, 1.165) is 27.7 Å². The molecule has 0 aromatic heterocycles. The second-order valence-corrected chi connectivity index (χ2v) is 9.30. The smallest absolute Gasteiger partial charge is 0.408 e. The molecule has 36 heavy (non-hydrogen) atoms. The van der Waals surface area contributed by atoms with Gasteiger partial charge < -0.3 is 15.4 Å². The molecule has 0 heterocycles. The molecule has 7 nitrogen and oxygen atoms in total. The first-order chi connectivity index (χ1) is 17.1. The molecular formula is C29H31N3O4. The zero-order chi connectivity index (χ0) is 26.3. The molecule has 3 rings (SSSR count). The van der Waals surface area contributed by atoms with Crippen molar-refractivity contribution in [1.82, 2.24) is 10.2 Å². The number of aryl methyl sites for hydroxylation is 1. The van der Waals surface area contributed by atoms with Crippen molar-refractivity contribution in [2.45, 2.75) is 45.8 Å². The van der Waals surface area contributed by atoms with Crippen LogP contribution in [0.15, 0.2) is 66.7 Å². The van der Waals surface area contributed by atoms with Crippen LogP contribution in [-0.4, -0.2) is 35.0 Å². The molecule has 0 fully saturated rings. The van der Waals surface area contributed by atoms with E-state index in [2.05, 4.69) is 16.7 Å². The third kappa shape index (κ3) is 6.86. The molecule has 3 aromatic carbocycles. The molecule has 0 bridgehead atoms. The lowest BCUT2D eigenvalue weighted by molar-refractivity contribution is -0.134. The zero-order valence-corrected chi connectivity index (χ0v) is 21.0. The Hall–Kier alpha value is -4.31. The maximum atomic E-state index is 13.5. The number of carbonyl (C=O) groups is 3. The van der Waals surface area contributed by atoms with Gasteiger partial charge in [0.25, 0.3) is 11.8 Å². The van der Waals surface area contributed by atoms with E-state index in [1.54, 1.807) is 39.0 Å². The van der Waals surface area contributed by atoms with Crippen molar-refractivity contribution in [2.24, 2.45) is 0 Å². The number of rotatable bonds is 7. The number of amides is 3. The minimum Gasteiger partial charge on any atom is -0.444 e.